The minimum atomic E-state index is -0.569. The number of nitrogens with one attached hydrogen (secondary N) is 3. The summed E-state index contributed by atoms with van der Waals surface area (Å²) in [6.45, 7) is 0. The molecule has 4 fully saturated rings. The zero-order valence-corrected chi connectivity index (χ0v) is 20.5. The highest BCUT2D eigenvalue weighted by atomic mass is 35.5. The van der Waals surface area contributed by atoms with Gasteiger partial charge in [0.25, 0.3) is 5.91 Å². The van der Waals surface area contributed by atoms with Crippen LogP contribution in [0.3, 0.4) is 0 Å². The lowest BCUT2D eigenvalue weighted by Gasteiger charge is -2.56. The van der Waals surface area contributed by atoms with Crippen molar-refractivity contribution in [1.29, 1.82) is 0 Å². The van der Waals surface area contributed by atoms with Crippen molar-refractivity contribution in [3.05, 3.63) is 70.7 Å². The molecule has 0 aromatic heterocycles. The molecular formula is C28H32ClN3O3. The average Bonchev–Trinajstić information content (AvgIpc) is 2.82. The topological polar surface area (TPSA) is 87.3 Å². The van der Waals surface area contributed by atoms with Crippen LogP contribution in [0.15, 0.2) is 54.6 Å². The largest absolute Gasteiger partial charge is 0.345 e. The van der Waals surface area contributed by atoms with Crippen molar-refractivity contribution in [2.45, 2.75) is 57.4 Å². The van der Waals surface area contributed by atoms with Crippen LogP contribution in [0.5, 0.6) is 0 Å². The molecular weight excluding hydrogens is 462 g/mol. The SMILES string of the molecule is O=C(CC(NC(=O)c1ccccc1Cl)c1ccccc1)NNC(=O)CC12CC3CC(CC(C3)C1)C2. The van der Waals surface area contributed by atoms with Crippen LogP contribution in [0.4, 0.5) is 0 Å². The Labute approximate surface area is 211 Å². The number of rotatable bonds is 7. The monoisotopic (exact) mass is 493 g/mol. The van der Waals surface area contributed by atoms with Crippen molar-refractivity contribution in [3.8, 4) is 0 Å². The lowest BCUT2D eigenvalue weighted by Crippen LogP contribution is -2.50. The fraction of sp³-hybridized carbons (Fsp3) is 0.464. The standard InChI is InChI=1S/C28H32ClN3O3/c29-23-9-5-4-8-22(23)27(35)30-24(21-6-2-1-3-7-21)13-25(33)31-32-26(34)17-28-14-18-10-19(15-28)12-20(11-18)16-28/h1-9,18-20,24H,10-17H2,(H,30,35)(H,31,33)(H,32,34). The number of hydrogen-bond acceptors (Lipinski definition) is 3. The second kappa shape index (κ2) is 10.0. The van der Waals surface area contributed by atoms with Crippen LogP contribution in [0.25, 0.3) is 0 Å². The normalized spacial score (nSPS) is 27.2. The van der Waals surface area contributed by atoms with Gasteiger partial charge in [0.05, 0.1) is 23.0 Å². The summed E-state index contributed by atoms with van der Waals surface area (Å²) < 4.78 is 0. The van der Waals surface area contributed by atoms with Crippen molar-refractivity contribution in [2.75, 3.05) is 0 Å². The summed E-state index contributed by atoms with van der Waals surface area (Å²) in [6, 6.07) is 15.5. The van der Waals surface area contributed by atoms with Crippen LogP contribution in [0.2, 0.25) is 5.02 Å². The third-order valence-corrected chi connectivity index (χ3v) is 8.39. The van der Waals surface area contributed by atoms with Crippen molar-refractivity contribution in [2.24, 2.45) is 23.2 Å². The molecule has 184 valence electrons. The number of hydrazine groups is 1. The van der Waals surface area contributed by atoms with Crippen molar-refractivity contribution in [1.82, 2.24) is 16.2 Å². The first-order valence-corrected chi connectivity index (χ1v) is 12.9. The predicted molar refractivity (Wildman–Crippen MR) is 134 cm³/mol. The Morgan fingerprint density at radius 3 is 2.03 bits per heavy atom. The molecule has 1 unspecified atom stereocenters. The second-order valence-corrected chi connectivity index (χ2v) is 11.2. The van der Waals surface area contributed by atoms with Crippen LogP contribution >= 0.6 is 11.6 Å². The summed E-state index contributed by atoms with van der Waals surface area (Å²) in [5, 5.41) is 3.26. The first-order valence-electron chi connectivity index (χ1n) is 12.6. The van der Waals surface area contributed by atoms with Gasteiger partial charge in [-0.2, -0.15) is 0 Å². The minimum absolute atomic E-state index is 0.0160. The van der Waals surface area contributed by atoms with E-state index in [1.54, 1.807) is 24.3 Å². The van der Waals surface area contributed by atoms with Gasteiger partial charge in [0.1, 0.15) is 0 Å². The van der Waals surface area contributed by atoms with Gasteiger partial charge in [-0.25, -0.2) is 0 Å². The number of benzene rings is 2. The summed E-state index contributed by atoms with van der Waals surface area (Å²) >= 11 is 6.18. The lowest BCUT2D eigenvalue weighted by atomic mass is 9.49. The van der Waals surface area contributed by atoms with Crippen LogP contribution in [0, 0.1) is 23.2 Å². The van der Waals surface area contributed by atoms with E-state index in [0.717, 1.165) is 42.6 Å². The summed E-state index contributed by atoms with van der Waals surface area (Å²) in [4.78, 5) is 38.4. The Balaban J connectivity index is 1.18. The van der Waals surface area contributed by atoms with Gasteiger partial charge >= 0.3 is 0 Å². The molecule has 0 radical (unpaired) electrons. The van der Waals surface area contributed by atoms with Gasteiger partial charge in [-0.1, -0.05) is 54.1 Å². The zero-order valence-electron chi connectivity index (χ0n) is 19.8. The van der Waals surface area contributed by atoms with E-state index in [-0.39, 0.29) is 29.6 Å². The van der Waals surface area contributed by atoms with Crippen molar-refractivity contribution >= 4 is 29.3 Å². The molecule has 2 aromatic carbocycles. The fourth-order valence-electron chi connectivity index (χ4n) is 7.09. The maximum Gasteiger partial charge on any atom is 0.253 e. The summed E-state index contributed by atoms with van der Waals surface area (Å²) in [7, 11) is 0. The molecule has 0 aliphatic heterocycles. The molecule has 3 N–H and O–H groups in total. The number of carbonyl (C=O) groups is 3. The Bertz CT molecular complexity index is 1070. The van der Waals surface area contributed by atoms with Crippen molar-refractivity contribution < 1.29 is 14.4 Å². The molecule has 4 aliphatic rings. The van der Waals surface area contributed by atoms with Gasteiger partial charge in [-0.05, 0) is 79.4 Å². The van der Waals surface area contributed by atoms with E-state index >= 15 is 0 Å². The van der Waals surface area contributed by atoms with Gasteiger partial charge in [-0.15, -0.1) is 0 Å². The first kappa shape index (κ1) is 23.9. The van der Waals surface area contributed by atoms with E-state index in [4.69, 9.17) is 11.6 Å². The van der Waals surface area contributed by atoms with Crippen LogP contribution in [0.1, 0.15) is 73.3 Å². The molecule has 4 aliphatic carbocycles. The second-order valence-electron chi connectivity index (χ2n) is 10.8. The highest BCUT2D eigenvalue weighted by molar-refractivity contribution is 6.33. The molecule has 4 bridgehead atoms. The summed E-state index contributed by atoms with van der Waals surface area (Å²) in [6.07, 6.45) is 7.88. The molecule has 6 nitrogen and oxygen atoms in total. The van der Waals surface area contributed by atoms with E-state index in [1.807, 2.05) is 30.3 Å². The van der Waals surface area contributed by atoms with Gasteiger partial charge in [0.15, 0.2) is 0 Å². The maximum atomic E-state index is 12.9. The molecule has 0 spiro atoms. The number of hydrogen-bond donors (Lipinski definition) is 3. The fourth-order valence-corrected chi connectivity index (χ4v) is 7.31. The molecule has 4 saturated carbocycles. The van der Waals surface area contributed by atoms with E-state index in [1.165, 1.54) is 19.3 Å². The molecule has 6 rings (SSSR count). The van der Waals surface area contributed by atoms with E-state index in [9.17, 15) is 14.4 Å². The Morgan fingerprint density at radius 1 is 0.829 bits per heavy atom. The van der Waals surface area contributed by atoms with E-state index in [2.05, 4.69) is 16.2 Å². The third-order valence-electron chi connectivity index (χ3n) is 8.06. The van der Waals surface area contributed by atoms with Crippen LogP contribution in [-0.4, -0.2) is 17.7 Å². The molecule has 0 heterocycles. The highest BCUT2D eigenvalue weighted by Crippen LogP contribution is 2.61. The Kier molecular flexibility index (Phi) is 6.83. The predicted octanol–water partition coefficient (Wildman–Crippen LogP) is 4.96. The van der Waals surface area contributed by atoms with E-state index < -0.39 is 6.04 Å². The maximum absolute atomic E-state index is 12.9. The Hall–Kier alpha value is -2.86. The zero-order chi connectivity index (χ0) is 24.4. The first-order chi connectivity index (χ1) is 16.9. The number of carbonyl (C=O) groups excluding carboxylic acids is 3. The highest BCUT2D eigenvalue weighted by Gasteiger charge is 2.51. The average molecular weight is 494 g/mol. The molecule has 2 aromatic rings. The quantitative estimate of drug-likeness (QED) is 0.476. The van der Waals surface area contributed by atoms with Gasteiger partial charge in [0.2, 0.25) is 11.8 Å². The molecule has 0 saturated heterocycles. The Morgan fingerprint density at radius 2 is 1.40 bits per heavy atom. The van der Waals surface area contributed by atoms with E-state index in [0.29, 0.717) is 17.0 Å². The van der Waals surface area contributed by atoms with Gasteiger partial charge in [-0.3, -0.25) is 25.2 Å². The molecule has 7 heteroatoms. The molecule has 1 atom stereocenters. The third kappa shape index (κ3) is 5.53. The minimum Gasteiger partial charge on any atom is -0.345 e. The van der Waals surface area contributed by atoms with Gasteiger partial charge < -0.3 is 5.32 Å². The van der Waals surface area contributed by atoms with Crippen LogP contribution < -0.4 is 16.2 Å². The number of halogens is 1. The smallest absolute Gasteiger partial charge is 0.253 e. The lowest BCUT2D eigenvalue weighted by molar-refractivity contribution is -0.134. The summed E-state index contributed by atoms with van der Waals surface area (Å²) in [5.41, 5.74) is 6.46. The van der Waals surface area contributed by atoms with Gasteiger partial charge in [0, 0.05) is 6.42 Å². The number of amides is 3. The van der Waals surface area contributed by atoms with Crippen molar-refractivity contribution in [3.63, 3.8) is 0 Å². The summed E-state index contributed by atoms with van der Waals surface area (Å²) in [5.74, 6) is 1.47. The van der Waals surface area contributed by atoms with Crippen LogP contribution in [-0.2, 0) is 9.59 Å². The molecule has 35 heavy (non-hydrogen) atoms. The molecule has 3 amide bonds.